The minimum absolute atomic E-state index is 0.153. The molecular formula is C24H37BN2O3. The summed E-state index contributed by atoms with van der Waals surface area (Å²) in [4.78, 5) is 12.0. The minimum Gasteiger partial charge on any atom is -0.399 e. The first-order chi connectivity index (χ1) is 14.2. The van der Waals surface area contributed by atoms with Crippen LogP contribution in [0.5, 0.6) is 0 Å². The molecule has 2 aliphatic carbocycles. The third-order valence-electron chi connectivity index (χ3n) is 8.10. The van der Waals surface area contributed by atoms with Crippen LogP contribution in [0.3, 0.4) is 0 Å². The van der Waals surface area contributed by atoms with Crippen LogP contribution >= 0.6 is 0 Å². The van der Waals surface area contributed by atoms with Gasteiger partial charge in [0.15, 0.2) is 0 Å². The Morgan fingerprint density at radius 3 is 2.43 bits per heavy atom. The van der Waals surface area contributed by atoms with Gasteiger partial charge in [0.2, 0.25) is 5.91 Å². The molecule has 1 aliphatic heterocycles. The molecule has 1 amide bonds. The maximum absolute atomic E-state index is 12.0. The molecule has 0 aromatic heterocycles. The molecule has 1 aromatic carbocycles. The summed E-state index contributed by atoms with van der Waals surface area (Å²) in [5, 5.41) is 2.91. The molecular weight excluding hydrogens is 375 g/mol. The molecule has 0 bridgehead atoms. The van der Waals surface area contributed by atoms with E-state index in [1.807, 2.05) is 0 Å². The van der Waals surface area contributed by atoms with Gasteiger partial charge in [-0.1, -0.05) is 18.2 Å². The quantitative estimate of drug-likeness (QED) is 0.730. The zero-order valence-corrected chi connectivity index (χ0v) is 19.1. The van der Waals surface area contributed by atoms with Gasteiger partial charge in [0, 0.05) is 19.5 Å². The largest absolute Gasteiger partial charge is 0.494 e. The van der Waals surface area contributed by atoms with E-state index in [4.69, 9.17) is 15.0 Å². The highest BCUT2D eigenvalue weighted by Gasteiger charge is 2.52. The highest BCUT2D eigenvalue weighted by Crippen LogP contribution is 2.50. The molecule has 1 saturated carbocycles. The normalized spacial score (nSPS) is 29.2. The van der Waals surface area contributed by atoms with Crippen LogP contribution in [-0.4, -0.2) is 37.3 Å². The Morgan fingerprint density at radius 1 is 1.13 bits per heavy atom. The highest BCUT2D eigenvalue weighted by atomic mass is 16.7. The zero-order valence-electron chi connectivity index (χ0n) is 19.1. The van der Waals surface area contributed by atoms with E-state index in [2.05, 4.69) is 51.2 Å². The lowest BCUT2D eigenvalue weighted by Crippen LogP contribution is -2.41. The molecule has 5 nitrogen and oxygen atoms in total. The van der Waals surface area contributed by atoms with E-state index in [-0.39, 0.29) is 24.2 Å². The average Bonchev–Trinajstić information content (AvgIpc) is 3.15. The number of hydrogen-bond acceptors (Lipinski definition) is 4. The second-order valence-electron chi connectivity index (χ2n) is 10.6. The monoisotopic (exact) mass is 412 g/mol. The van der Waals surface area contributed by atoms with Crippen molar-refractivity contribution >= 4 is 18.5 Å². The first-order valence-corrected chi connectivity index (χ1v) is 11.6. The van der Waals surface area contributed by atoms with Crippen LogP contribution in [0.15, 0.2) is 18.2 Å². The van der Waals surface area contributed by atoms with E-state index in [0.29, 0.717) is 30.8 Å². The van der Waals surface area contributed by atoms with Crippen molar-refractivity contribution in [2.75, 3.05) is 13.1 Å². The summed E-state index contributed by atoms with van der Waals surface area (Å²) < 4.78 is 12.5. The smallest absolute Gasteiger partial charge is 0.399 e. The Bertz CT molecular complexity index is 784. The number of hydrogen-bond donors (Lipinski definition) is 2. The summed E-state index contributed by atoms with van der Waals surface area (Å²) in [6.07, 6.45) is 7.63. The second kappa shape index (κ2) is 7.96. The van der Waals surface area contributed by atoms with Gasteiger partial charge in [-0.15, -0.1) is 0 Å². The molecule has 0 unspecified atom stereocenters. The fourth-order valence-electron chi connectivity index (χ4n) is 5.47. The number of nitrogens with two attached hydrogens (primary N) is 1. The van der Waals surface area contributed by atoms with Crippen LogP contribution in [-0.2, 0) is 25.9 Å². The van der Waals surface area contributed by atoms with Gasteiger partial charge in [-0.3, -0.25) is 4.79 Å². The van der Waals surface area contributed by atoms with Crippen molar-refractivity contribution in [1.82, 2.24) is 5.32 Å². The summed E-state index contributed by atoms with van der Waals surface area (Å²) in [7, 11) is -0.292. The summed E-state index contributed by atoms with van der Waals surface area (Å²) in [5.74, 6) is 0.654. The van der Waals surface area contributed by atoms with E-state index < -0.39 is 0 Å². The Labute approximate surface area is 181 Å². The lowest BCUT2D eigenvalue weighted by molar-refractivity contribution is -0.122. The van der Waals surface area contributed by atoms with Crippen molar-refractivity contribution in [1.29, 1.82) is 0 Å². The fourth-order valence-corrected chi connectivity index (χ4v) is 5.47. The molecule has 1 saturated heterocycles. The van der Waals surface area contributed by atoms with Gasteiger partial charge in [0.25, 0.3) is 0 Å². The fraction of sp³-hybridized carbons (Fsp3) is 0.708. The van der Waals surface area contributed by atoms with Crippen LogP contribution in [0.4, 0.5) is 0 Å². The predicted molar refractivity (Wildman–Crippen MR) is 121 cm³/mol. The van der Waals surface area contributed by atoms with E-state index in [1.165, 1.54) is 30.4 Å². The Balaban J connectivity index is 1.42. The minimum atomic E-state index is -0.313. The number of carbonyl (C=O) groups excluding carboxylic acids is 1. The maximum Gasteiger partial charge on any atom is 0.494 e. The van der Waals surface area contributed by atoms with Crippen LogP contribution in [0.2, 0.25) is 0 Å². The number of carbonyl (C=O) groups is 1. The van der Waals surface area contributed by atoms with Crippen molar-refractivity contribution in [3.05, 3.63) is 29.3 Å². The second-order valence-corrected chi connectivity index (χ2v) is 10.6. The summed E-state index contributed by atoms with van der Waals surface area (Å²) >= 11 is 0. The first-order valence-electron chi connectivity index (χ1n) is 11.6. The molecule has 1 heterocycles. The number of aryl methyl sites for hydroxylation is 1. The maximum atomic E-state index is 12.0. The molecule has 0 radical (unpaired) electrons. The van der Waals surface area contributed by atoms with Gasteiger partial charge in [0.05, 0.1) is 11.2 Å². The van der Waals surface area contributed by atoms with Gasteiger partial charge in [0.1, 0.15) is 0 Å². The number of benzene rings is 1. The molecule has 3 N–H and O–H groups in total. The van der Waals surface area contributed by atoms with Crippen molar-refractivity contribution < 1.29 is 14.1 Å². The van der Waals surface area contributed by atoms with Gasteiger partial charge in [-0.2, -0.15) is 0 Å². The van der Waals surface area contributed by atoms with Crippen LogP contribution in [0.25, 0.3) is 0 Å². The number of fused-ring (bicyclic) bond motifs is 2. The molecule has 1 spiro atoms. The topological polar surface area (TPSA) is 73.6 Å². The SMILES string of the molecule is CC1(C)OB(c2ccc3c(c2)CC[C@]32CC[C@@H](CC(=O)NCCN)CC2)OC1(C)C. The van der Waals surface area contributed by atoms with Crippen LogP contribution in [0.1, 0.15) is 77.3 Å². The number of rotatable bonds is 5. The predicted octanol–water partition coefficient (Wildman–Crippen LogP) is 2.83. The van der Waals surface area contributed by atoms with Gasteiger partial charge in [-0.05, 0) is 94.1 Å². The molecule has 6 heteroatoms. The van der Waals surface area contributed by atoms with Gasteiger partial charge >= 0.3 is 7.12 Å². The van der Waals surface area contributed by atoms with E-state index in [1.54, 1.807) is 0 Å². The Morgan fingerprint density at radius 2 is 1.80 bits per heavy atom. The van der Waals surface area contributed by atoms with Crippen molar-refractivity contribution in [2.45, 2.75) is 89.3 Å². The Kier molecular flexibility index (Phi) is 5.80. The van der Waals surface area contributed by atoms with Crippen molar-refractivity contribution in [3.63, 3.8) is 0 Å². The number of amides is 1. The third kappa shape index (κ3) is 3.94. The molecule has 4 rings (SSSR count). The summed E-state index contributed by atoms with van der Waals surface area (Å²) in [5.41, 5.74) is 9.27. The molecule has 2 fully saturated rings. The van der Waals surface area contributed by atoms with Crippen LogP contribution < -0.4 is 16.5 Å². The molecule has 164 valence electrons. The molecule has 0 atom stereocenters. The average molecular weight is 412 g/mol. The first kappa shape index (κ1) is 21.9. The van der Waals surface area contributed by atoms with E-state index >= 15 is 0 Å². The summed E-state index contributed by atoms with van der Waals surface area (Å²) in [6.45, 7) is 9.49. The summed E-state index contributed by atoms with van der Waals surface area (Å²) in [6, 6.07) is 6.86. The Hall–Kier alpha value is -1.37. The van der Waals surface area contributed by atoms with E-state index in [9.17, 15) is 4.79 Å². The van der Waals surface area contributed by atoms with Crippen LogP contribution in [0, 0.1) is 5.92 Å². The highest BCUT2D eigenvalue weighted by molar-refractivity contribution is 6.62. The standard InChI is InChI=1S/C24H37BN2O3/c1-22(2)23(3,4)30-25(29-22)19-5-6-20-18(16-19)9-12-24(20)10-7-17(8-11-24)15-21(28)27-14-13-26/h5-6,16-17H,7-15,26H2,1-4H3,(H,27,28)/t17-,24-. The third-order valence-corrected chi connectivity index (χ3v) is 8.10. The number of nitrogens with one attached hydrogen (secondary N) is 1. The molecule has 3 aliphatic rings. The van der Waals surface area contributed by atoms with Crippen molar-refractivity contribution in [2.24, 2.45) is 11.7 Å². The lowest BCUT2D eigenvalue weighted by atomic mass is 9.66. The zero-order chi connectivity index (χ0) is 21.6. The molecule has 30 heavy (non-hydrogen) atoms. The lowest BCUT2D eigenvalue weighted by Gasteiger charge is -2.38. The molecule has 1 aromatic rings. The van der Waals surface area contributed by atoms with Gasteiger partial charge < -0.3 is 20.4 Å². The van der Waals surface area contributed by atoms with Crippen molar-refractivity contribution in [3.8, 4) is 0 Å². The van der Waals surface area contributed by atoms with E-state index in [0.717, 1.165) is 24.7 Å². The van der Waals surface area contributed by atoms with Gasteiger partial charge in [-0.25, -0.2) is 0 Å².